The van der Waals surface area contributed by atoms with E-state index in [0.717, 1.165) is 21.3 Å². The SMILES string of the molecule is COc1ccc(C)cc1C(Cc1cc(Br)ccc1F)NN. The molecule has 0 bridgehead atoms. The van der Waals surface area contributed by atoms with E-state index in [1.165, 1.54) is 6.07 Å². The average molecular weight is 353 g/mol. The van der Waals surface area contributed by atoms with Gasteiger partial charge < -0.3 is 4.74 Å². The van der Waals surface area contributed by atoms with E-state index in [0.29, 0.717) is 12.0 Å². The summed E-state index contributed by atoms with van der Waals surface area (Å²) in [4.78, 5) is 0. The molecular formula is C16H18BrFN2O. The Bertz CT molecular complexity index is 634. The maximum atomic E-state index is 13.9. The maximum Gasteiger partial charge on any atom is 0.126 e. The third-order valence-electron chi connectivity index (χ3n) is 3.39. The van der Waals surface area contributed by atoms with Crippen LogP contribution in [-0.2, 0) is 6.42 Å². The van der Waals surface area contributed by atoms with E-state index in [1.807, 2.05) is 25.1 Å². The van der Waals surface area contributed by atoms with Crippen molar-refractivity contribution in [1.82, 2.24) is 5.43 Å². The minimum absolute atomic E-state index is 0.233. The fourth-order valence-electron chi connectivity index (χ4n) is 2.30. The van der Waals surface area contributed by atoms with Crippen LogP contribution in [0.1, 0.15) is 22.7 Å². The van der Waals surface area contributed by atoms with Gasteiger partial charge in [0.1, 0.15) is 11.6 Å². The van der Waals surface area contributed by atoms with Crippen LogP contribution in [0, 0.1) is 12.7 Å². The lowest BCUT2D eigenvalue weighted by Gasteiger charge is -2.20. The topological polar surface area (TPSA) is 47.3 Å². The van der Waals surface area contributed by atoms with Crippen molar-refractivity contribution < 1.29 is 9.13 Å². The molecule has 0 heterocycles. The van der Waals surface area contributed by atoms with E-state index < -0.39 is 0 Å². The molecule has 0 aromatic heterocycles. The molecule has 2 rings (SSSR count). The van der Waals surface area contributed by atoms with E-state index in [1.54, 1.807) is 19.2 Å². The van der Waals surface area contributed by atoms with Crippen LogP contribution < -0.4 is 16.0 Å². The second-order valence-electron chi connectivity index (χ2n) is 4.90. The molecule has 21 heavy (non-hydrogen) atoms. The number of benzene rings is 2. The van der Waals surface area contributed by atoms with Crippen LogP contribution in [0.4, 0.5) is 4.39 Å². The predicted octanol–water partition coefficient (Wildman–Crippen LogP) is 3.65. The molecule has 2 aromatic carbocycles. The fourth-order valence-corrected chi connectivity index (χ4v) is 2.71. The van der Waals surface area contributed by atoms with Gasteiger partial charge in [-0.05, 0) is 43.2 Å². The highest BCUT2D eigenvalue weighted by atomic mass is 79.9. The van der Waals surface area contributed by atoms with Crippen molar-refractivity contribution in [3.63, 3.8) is 0 Å². The second-order valence-corrected chi connectivity index (χ2v) is 5.82. The summed E-state index contributed by atoms with van der Waals surface area (Å²) in [5.74, 6) is 6.16. The van der Waals surface area contributed by atoms with Crippen LogP contribution >= 0.6 is 15.9 Å². The molecule has 0 saturated carbocycles. The third kappa shape index (κ3) is 3.81. The van der Waals surface area contributed by atoms with Crippen molar-refractivity contribution in [3.8, 4) is 5.75 Å². The van der Waals surface area contributed by atoms with Gasteiger partial charge in [-0.3, -0.25) is 11.3 Å². The first-order valence-electron chi connectivity index (χ1n) is 6.59. The number of hydrogen-bond donors (Lipinski definition) is 2. The molecule has 3 nitrogen and oxygen atoms in total. The molecule has 2 aromatic rings. The predicted molar refractivity (Wildman–Crippen MR) is 85.6 cm³/mol. The Labute approximate surface area is 132 Å². The summed E-state index contributed by atoms with van der Waals surface area (Å²) < 4.78 is 20.1. The summed E-state index contributed by atoms with van der Waals surface area (Å²) in [7, 11) is 1.61. The van der Waals surface area contributed by atoms with Gasteiger partial charge in [0.25, 0.3) is 0 Å². The van der Waals surface area contributed by atoms with Crippen molar-refractivity contribution in [3.05, 3.63) is 63.4 Å². The number of ether oxygens (including phenoxy) is 1. The van der Waals surface area contributed by atoms with Crippen LogP contribution in [0.3, 0.4) is 0 Å². The lowest BCUT2D eigenvalue weighted by Crippen LogP contribution is -2.30. The average Bonchev–Trinajstić information content (AvgIpc) is 2.48. The lowest BCUT2D eigenvalue weighted by molar-refractivity contribution is 0.398. The summed E-state index contributed by atoms with van der Waals surface area (Å²) >= 11 is 3.36. The highest BCUT2D eigenvalue weighted by molar-refractivity contribution is 9.10. The van der Waals surface area contributed by atoms with Crippen LogP contribution in [-0.4, -0.2) is 7.11 Å². The molecule has 0 saturated heterocycles. The molecule has 0 aliphatic rings. The number of nitrogens with two attached hydrogens (primary N) is 1. The number of nitrogens with one attached hydrogen (secondary N) is 1. The number of rotatable bonds is 5. The van der Waals surface area contributed by atoms with Gasteiger partial charge in [-0.25, -0.2) is 4.39 Å². The van der Waals surface area contributed by atoms with E-state index in [-0.39, 0.29) is 11.9 Å². The first kappa shape index (κ1) is 15.9. The molecule has 0 aliphatic heterocycles. The van der Waals surface area contributed by atoms with Crippen molar-refractivity contribution in [2.75, 3.05) is 7.11 Å². The number of methoxy groups -OCH3 is 1. The molecule has 1 unspecified atom stereocenters. The molecule has 5 heteroatoms. The fraction of sp³-hybridized carbons (Fsp3) is 0.250. The molecular weight excluding hydrogens is 335 g/mol. The smallest absolute Gasteiger partial charge is 0.126 e. The molecule has 0 spiro atoms. The van der Waals surface area contributed by atoms with Crippen LogP contribution in [0.5, 0.6) is 5.75 Å². The summed E-state index contributed by atoms with van der Waals surface area (Å²) in [6.45, 7) is 2.00. The Morgan fingerprint density at radius 2 is 2.05 bits per heavy atom. The standard InChI is InChI=1S/C16H18BrFN2O/c1-10-3-6-16(21-2)13(7-10)15(20-19)9-11-8-12(17)4-5-14(11)18/h3-8,15,20H,9,19H2,1-2H3. The minimum atomic E-state index is -0.245. The van der Waals surface area contributed by atoms with Gasteiger partial charge in [0.2, 0.25) is 0 Å². The van der Waals surface area contributed by atoms with E-state index in [4.69, 9.17) is 10.6 Å². The largest absolute Gasteiger partial charge is 0.496 e. The molecule has 1 atom stereocenters. The second kappa shape index (κ2) is 7.02. The van der Waals surface area contributed by atoms with Gasteiger partial charge in [-0.1, -0.05) is 33.6 Å². The monoisotopic (exact) mass is 352 g/mol. The molecule has 3 N–H and O–H groups in total. The zero-order chi connectivity index (χ0) is 15.4. The zero-order valence-electron chi connectivity index (χ0n) is 12.0. The number of aryl methyl sites for hydroxylation is 1. The maximum absolute atomic E-state index is 13.9. The van der Waals surface area contributed by atoms with Crippen molar-refractivity contribution in [2.24, 2.45) is 5.84 Å². The Morgan fingerprint density at radius 3 is 2.71 bits per heavy atom. The number of hydrogen-bond acceptors (Lipinski definition) is 3. The van der Waals surface area contributed by atoms with Crippen molar-refractivity contribution >= 4 is 15.9 Å². The van der Waals surface area contributed by atoms with Gasteiger partial charge in [0.15, 0.2) is 0 Å². The van der Waals surface area contributed by atoms with Gasteiger partial charge in [-0.15, -0.1) is 0 Å². The molecule has 0 amide bonds. The Kier molecular flexibility index (Phi) is 5.33. The highest BCUT2D eigenvalue weighted by Gasteiger charge is 2.17. The third-order valence-corrected chi connectivity index (χ3v) is 3.89. The van der Waals surface area contributed by atoms with Gasteiger partial charge >= 0.3 is 0 Å². The summed E-state index contributed by atoms with van der Waals surface area (Å²) in [5.41, 5.74) is 5.36. The molecule has 112 valence electrons. The quantitative estimate of drug-likeness (QED) is 0.637. The van der Waals surface area contributed by atoms with E-state index in [9.17, 15) is 4.39 Å². The van der Waals surface area contributed by atoms with Gasteiger partial charge in [0, 0.05) is 10.0 Å². The first-order chi connectivity index (χ1) is 10.0. The van der Waals surface area contributed by atoms with Gasteiger partial charge in [0.05, 0.1) is 13.2 Å². The number of hydrazine groups is 1. The normalized spacial score (nSPS) is 12.2. The van der Waals surface area contributed by atoms with Crippen LogP contribution in [0.25, 0.3) is 0 Å². The summed E-state index contributed by atoms with van der Waals surface area (Å²) in [6.07, 6.45) is 0.432. The highest BCUT2D eigenvalue weighted by Crippen LogP contribution is 2.29. The Morgan fingerprint density at radius 1 is 1.29 bits per heavy atom. The molecule has 0 fully saturated rings. The number of halogens is 2. The van der Waals surface area contributed by atoms with Crippen LogP contribution in [0.2, 0.25) is 0 Å². The van der Waals surface area contributed by atoms with E-state index in [2.05, 4.69) is 21.4 Å². The van der Waals surface area contributed by atoms with Gasteiger partial charge in [-0.2, -0.15) is 0 Å². The Hall–Kier alpha value is -1.43. The van der Waals surface area contributed by atoms with E-state index >= 15 is 0 Å². The summed E-state index contributed by atoms with van der Waals surface area (Å²) in [6, 6.07) is 10.5. The molecule has 0 radical (unpaired) electrons. The summed E-state index contributed by atoms with van der Waals surface area (Å²) in [5, 5.41) is 0. The van der Waals surface area contributed by atoms with Crippen LogP contribution in [0.15, 0.2) is 40.9 Å². The first-order valence-corrected chi connectivity index (χ1v) is 7.39. The lowest BCUT2D eigenvalue weighted by atomic mass is 9.97. The zero-order valence-corrected chi connectivity index (χ0v) is 13.6. The molecule has 0 aliphatic carbocycles. The van der Waals surface area contributed by atoms with Crippen molar-refractivity contribution in [1.29, 1.82) is 0 Å². The Balaban J connectivity index is 2.36. The minimum Gasteiger partial charge on any atom is -0.496 e. The van der Waals surface area contributed by atoms with Crippen molar-refractivity contribution in [2.45, 2.75) is 19.4 Å².